The lowest BCUT2D eigenvalue weighted by atomic mass is 10.1. The molecule has 1 aliphatic rings. The predicted molar refractivity (Wildman–Crippen MR) is 110 cm³/mol. The van der Waals surface area contributed by atoms with Crippen LogP contribution in [0.1, 0.15) is 5.56 Å². The zero-order chi connectivity index (χ0) is 18.7. The topological polar surface area (TPSA) is 70.7 Å². The number of likely N-dealkylation sites (N-methyl/N-ethyl adjacent to an activating group) is 1. The van der Waals surface area contributed by atoms with Gasteiger partial charge in [-0.2, -0.15) is 0 Å². The van der Waals surface area contributed by atoms with Gasteiger partial charge in [-0.15, -0.1) is 0 Å². The molecular weight excluding hydrogens is 445 g/mol. The van der Waals surface area contributed by atoms with Gasteiger partial charge in [0.1, 0.15) is 5.75 Å². The number of hydrogen-bond donors (Lipinski definition) is 2. The van der Waals surface area contributed by atoms with Crippen molar-refractivity contribution < 1.29 is 14.3 Å². The summed E-state index contributed by atoms with van der Waals surface area (Å²) in [6.45, 7) is 2.42. The summed E-state index contributed by atoms with van der Waals surface area (Å²) in [5.41, 5.74) is 2.61. The van der Waals surface area contributed by atoms with Crippen LogP contribution in [0.3, 0.4) is 0 Å². The minimum atomic E-state index is -0.650. The fraction of sp³-hybridized carbons (Fsp3) is 0.263. The van der Waals surface area contributed by atoms with E-state index in [0.717, 1.165) is 20.5 Å². The van der Waals surface area contributed by atoms with Gasteiger partial charge in [0.2, 0.25) is 5.91 Å². The third-order valence-electron chi connectivity index (χ3n) is 4.20. The first-order chi connectivity index (χ1) is 12.5. The molecule has 0 spiro atoms. The quantitative estimate of drug-likeness (QED) is 0.682. The van der Waals surface area contributed by atoms with Crippen molar-refractivity contribution in [2.75, 3.05) is 30.4 Å². The number of aryl methyl sites for hydroxylation is 1. The number of nitrogens with zero attached hydrogens (tertiary/aromatic N) is 1. The molecule has 0 saturated heterocycles. The Hall–Kier alpha value is -2.29. The number of amides is 2. The van der Waals surface area contributed by atoms with Gasteiger partial charge in [-0.05, 0) is 65.4 Å². The molecule has 2 amide bonds. The molecule has 2 N–H and O–H groups in total. The second kappa shape index (κ2) is 7.94. The van der Waals surface area contributed by atoms with Gasteiger partial charge in [-0.1, -0.05) is 12.1 Å². The summed E-state index contributed by atoms with van der Waals surface area (Å²) in [5.74, 6) is 0.255. The van der Waals surface area contributed by atoms with Crippen LogP contribution in [0.2, 0.25) is 0 Å². The van der Waals surface area contributed by atoms with Crippen molar-refractivity contribution in [3.8, 4) is 5.75 Å². The normalized spacial score (nSPS) is 15.7. The van der Waals surface area contributed by atoms with Crippen LogP contribution in [0.5, 0.6) is 5.75 Å². The summed E-state index contributed by atoms with van der Waals surface area (Å²) >= 11 is 2.24. The molecule has 0 radical (unpaired) electrons. The highest BCUT2D eigenvalue weighted by Crippen LogP contribution is 2.33. The monoisotopic (exact) mass is 465 g/mol. The lowest BCUT2D eigenvalue weighted by Crippen LogP contribution is -2.50. The number of ether oxygens (including phenoxy) is 1. The summed E-state index contributed by atoms with van der Waals surface area (Å²) < 4.78 is 6.88. The summed E-state index contributed by atoms with van der Waals surface area (Å²) in [6.07, 6.45) is -0.650. The Balaban J connectivity index is 1.76. The molecule has 1 atom stereocenters. The first-order valence-corrected chi connectivity index (χ1v) is 9.34. The van der Waals surface area contributed by atoms with E-state index < -0.39 is 6.10 Å². The molecule has 2 aromatic rings. The highest BCUT2D eigenvalue weighted by molar-refractivity contribution is 14.1. The number of nitrogens with one attached hydrogen (secondary N) is 2. The summed E-state index contributed by atoms with van der Waals surface area (Å²) in [4.78, 5) is 26.5. The third kappa shape index (κ3) is 4.09. The van der Waals surface area contributed by atoms with E-state index in [1.165, 1.54) is 0 Å². The van der Waals surface area contributed by atoms with Gasteiger partial charge in [-0.3, -0.25) is 9.59 Å². The lowest BCUT2D eigenvalue weighted by Gasteiger charge is -2.35. The molecule has 2 aromatic carbocycles. The fourth-order valence-corrected chi connectivity index (χ4v) is 3.53. The highest BCUT2D eigenvalue weighted by Gasteiger charge is 2.31. The van der Waals surface area contributed by atoms with Gasteiger partial charge in [0, 0.05) is 16.3 Å². The Kier molecular flexibility index (Phi) is 5.65. The lowest BCUT2D eigenvalue weighted by molar-refractivity contribution is -0.127. The third-order valence-corrected chi connectivity index (χ3v) is 4.87. The zero-order valence-electron chi connectivity index (χ0n) is 14.6. The summed E-state index contributed by atoms with van der Waals surface area (Å²) in [7, 11) is 1.57. The van der Waals surface area contributed by atoms with Crippen molar-refractivity contribution in [3.63, 3.8) is 0 Å². The second-order valence-electron chi connectivity index (χ2n) is 6.08. The summed E-state index contributed by atoms with van der Waals surface area (Å²) in [5, 5.41) is 5.55. The van der Waals surface area contributed by atoms with Crippen LogP contribution in [0.25, 0.3) is 0 Å². The van der Waals surface area contributed by atoms with Gasteiger partial charge in [0.05, 0.1) is 18.8 Å². The first kappa shape index (κ1) is 18.5. The number of rotatable bonds is 4. The van der Waals surface area contributed by atoms with Gasteiger partial charge in [0.15, 0.2) is 6.10 Å². The van der Waals surface area contributed by atoms with E-state index in [9.17, 15) is 9.59 Å². The smallest absolute Gasteiger partial charge is 0.262 e. The average molecular weight is 465 g/mol. The summed E-state index contributed by atoms with van der Waals surface area (Å²) in [6, 6.07) is 13.3. The maximum Gasteiger partial charge on any atom is 0.262 e. The Morgan fingerprint density at radius 2 is 2.04 bits per heavy atom. The minimum Gasteiger partial charge on any atom is -0.477 e. The molecule has 0 aromatic heterocycles. The molecule has 136 valence electrons. The van der Waals surface area contributed by atoms with E-state index in [4.69, 9.17) is 4.74 Å². The minimum absolute atomic E-state index is 0.137. The first-order valence-electron chi connectivity index (χ1n) is 8.26. The Morgan fingerprint density at radius 1 is 1.27 bits per heavy atom. The van der Waals surface area contributed by atoms with Crippen LogP contribution >= 0.6 is 22.6 Å². The molecule has 0 aliphatic carbocycles. The number of carbonyl (C=O) groups excluding carboxylic acids is 2. The van der Waals surface area contributed by atoms with Crippen molar-refractivity contribution in [2.24, 2.45) is 0 Å². The molecule has 6 nitrogen and oxygen atoms in total. The van der Waals surface area contributed by atoms with Crippen molar-refractivity contribution in [1.82, 2.24) is 5.32 Å². The Bertz CT molecular complexity index is 841. The average Bonchev–Trinajstić information content (AvgIpc) is 2.63. The van der Waals surface area contributed by atoms with Gasteiger partial charge >= 0.3 is 0 Å². The van der Waals surface area contributed by atoms with Crippen LogP contribution in [0, 0.1) is 10.5 Å². The zero-order valence-corrected chi connectivity index (χ0v) is 16.7. The second-order valence-corrected chi connectivity index (χ2v) is 7.32. The number of para-hydroxylation sites is 2. The number of fused-ring (bicyclic) bond motifs is 1. The molecule has 0 fully saturated rings. The maximum atomic E-state index is 12.6. The van der Waals surface area contributed by atoms with Crippen LogP contribution < -0.4 is 20.3 Å². The van der Waals surface area contributed by atoms with Crippen molar-refractivity contribution in [3.05, 3.63) is 51.6 Å². The van der Waals surface area contributed by atoms with E-state index >= 15 is 0 Å². The highest BCUT2D eigenvalue weighted by atomic mass is 127. The standard InChI is InChI=1S/C19H20IN3O3/c1-12-9-13(20)7-8-14(12)22-18(24)11-23-10-17(19(25)21-2)26-16-6-4-3-5-15(16)23/h3-9,17H,10-11H2,1-2H3,(H,21,25)(H,22,24). The number of anilines is 2. The molecule has 1 heterocycles. The predicted octanol–water partition coefficient (Wildman–Crippen LogP) is 2.55. The molecule has 26 heavy (non-hydrogen) atoms. The molecule has 7 heteroatoms. The van der Waals surface area contributed by atoms with E-state index in [1.807, 2.05) is 48.2 Å². The SMILES string of the molecule is CNC(=O)C1CN(CC(=O)Nc2ccc(I)cc2C)c2ccccc2O1. The Labute approximate surface area is 166 Å². The number of benzene rings is 2. The number of halogens is 1. The van der Waals surface area contributed by atoms with Crippen molar-refractivity contribution in [2.45, 2.75) is 13.0 Å². The van der Waals surface area contributed by atoms with E-state index in [2.05, 4.69) is 33.2 Å². The molecule has 1 unspecified atom stereocenters. The maximum absolute atomic E-state index is 12.6. The van der Waals surface area contributed by atoms with Gasteiger partial charge in [0.25, 0.3) is 5.91 Å². The van der Waals surface area contributed by atoms with Crippen LogP contribution in [0.15, 0.2) is 42.5 Å². The van der Waals surface area contributed by atoms with Crippen molar-refractivity contribution in [1.29, 1.82) is 0 Å². The molecular formula is C19H20IN3O3. The van der Waals surface area contributed by atoms with E-state index in [1.54, 1.807) is 13.1 Å². The van der Waals surface area contributed by atoms with E-state index in [0.29, 0.717) is 12.3 Å². The van der Waals surface area contributed by atoms with Crippen LogP contribution in [-0.2, 0) is 9.59 Å². The molecule has 0 saturated carbocycles. The van der Waals surface area contributed by atoms with Crippen LogP contribution in [0.4, 0.5) is 11.4 Å². The number of hydrogen-bond acceptors (Lipinski definition) is 4. The fourth-order valence-electron chi connectivity index (χ4n) is 2.88. The molecule has 1 aliphatic heterocycles. The number of carbonyl (C=O) groups is 2. The largest absolute Gasteiger partial charge is 0.477 e. The van der Waals surface area contributed by atoms with E-state index in [-0.39, 0.29) is 18.4 Å². The Morgan fingerprint density at radius 3 is 2.77 bits per heavy atom. The molecule has 3 rings (SSSR count). The molecule has 0 bridgehead atoms. The van der Waals surface area contributed by atoms with Crippen LogP contribution in [-0.4, -0.2) is 38.1 Å². The van der Waals surface area contributed by atoms with Crippen molar-refractivity contribution >= 4 is 45.8 Å². The van der Waals surface area contributed by atoms with Gasteiger partial charge < -0.3 is 20.3 Å². The van der Waals surface area contributed by atoms with Gasteiger partial charge in [-0.25, -0.2) is 0 Å².